The maximum atomic E-state index is 13.0. The van der Waals surface area contributed by atoms with Crippen LogP contribution >= 0.6 is 34.5 Å². The average Bonchev–Trinajstić information content (AvgIpc) is 3.22. The van der Waals surface area contributed by atoms with Gasteiger partial charge in [0.05, 0.1) is 12.2 Å². The third-order valence-corrected chi connectivity index (χ3v) is 6.29. The highest BCUT2D eigenvalue weighted by atomic mass is 35.5. The molecule has 1 saturated carbocycles. The van der Waals surface area contributed by atoms with Gasteiger partial charge in [0, 0.05) is 21.4 Å². The van der Waals surface area contributed by atoms with E-state index in [1.165, 1.54) is 11.3 Å². The highest BCUT2D eigenvalue weighted by Crippen LogP contribution is 2.42. The number of anilines is 1. The minimum Gasteiger partial charge on any atom is -0.295 e. The number of amides is 1. The third kappa shape index (κ3) is 4.63. The normalized spacial score (nSPS) is 14.2. The van der Waals surface area contributed by atoms with Crippen LogP contribution in [0, 0.1) is 0 Å². The van der Waals surface area contributed by atoms with Gasteiger partial charge in [0.15, 0.2) is 0 Å². The first-order valence-electron chi connectivity index (χ1n) is 9.38. The molecule has 0 unspecified atom stereocenters. The minimum atomic E-state index is -0.267. The number of nitrogens with one attached hydrogen (secondary N) is 1. The van der Waals surface area contributed by atoms with E-state index in [2.05, 4.69) is 41.4 Å². The number of rotatable bonds is 5. The molecule has 0 atom stereocenters. The number of nitrogens with zero attached hydrogens (tertiary/aromatic N) is 4. The molecule has 3 aromatic rings. The molecule has 0 aliphatic heterocycles. The Morgan fingerprint density at radius 3 is 2.66 bits per heavy atom. The lowest BCUT2D eigenvalue weighted by Gasteiger charge is -2.14. The average molecular weight is 450 g/mol. The van der Waals surface area contributed by atoms with Gasteiger partial charge in [-0.25, -0.2) is 0 Å². The molecule has 0 radical (unpaired) electrons. The van der Waals surface area contributed by atoms with Gasteiger partial charge < -0.3 is 0 Å². The Labute approximate surface area is 183 Å². The summed E-state index contributed by atoms with van der Waals surface area (Å²) in [6.07, 6.45) is 2.29. The number of carbonyl (C=O) groups excluding carboxylic acids is 1. The van der Waals surface area contributed by atoms with Crippen LogP contribution in [0.5, 0.6) is 0 Å². The largest absolute Gasteiger partial charge is 0.295 e. The van der Waals surface area contributed by atoms with Crippen molar-refractivity contribution in [3.05, 3.63) is 56.3 Å². The monoisotopic (exact) mass is 449 g/mol. The lowest BCUT2D eigenvalue weighted by molar-refractivity contribution is 0.101. The van der Waals surface area contributed by atoms with Crippen molar-refractivity contribution < 1.29 is 4.79 Å². The van der Waals surface area contributed by atoms with E-state index in [1.807, 2.05) is 12.1 Å². The molecule has 2 heterocycles. The number of hydrogen-bond donors (Lipinski definition) is 1. The highest BCUT2D eigenvalue weighted by molar-refractivity contribution is 7.15. The first-order chi connectivity index (χ1) is 13.7. The van der Waals surface area contributed by atoms with Crippen molar-refractivity contribution in [2.24, 2.45) is 0 Å². The van der Waals surface area contributed by atoms with Gasteiger partial charge >= 0.3 is 0 Å². The van der Waals surface area contributed by atoms with E-state index in [0.29, 0.717) is 33.3 Å². The molecule has 6 nitrogen and oxygen atoms in total. The van der Waals surface area contributed by atoms with Crippen molar-refractivity contribution in [3.8, 4) is 0 Å². The lowest BCUT2D eigenvalue weighted by atomic mass is 9.92. The third-order valence-electron chi connectivity index (χ3n) is 4.70. The summed E-state index contributed by atoms with van der Waals surface area (Å²) in [5, 5.41) is 18.4. The van der Waals surface area contributed by atoms with Crippen LogP contribution in [0.2, 0.25) is 10.0 Å². The zero-order valence-electron chi connectivity index (χ0n) is 16.4. The van der Waals surface area contributed by atoms with Crippen LogP contribution in [0.3, 0.4) is 0 Å². The Balaban J connectivity index is 1.62. The molecule has 1 aliphatic carbocycles. The van der Waals surface area contributed by atoms with Gasteiger partial charge in [0.2, 0.25) is 5.13 Å². The predicted molar refractivity (Wildman–Crippen MR) is 116 cm³/mol. The fourth-order valence-electron chi connectivity index (χ4n) is 2.84. The Kier molecular flexibility index (Phi) is 5.40. The van der Waals surface area contributed by atoms with E-state index in [-0.39, 0.29) is 11.3 Å². The topological polar surface area (TPSA) is 72.7 Å². The fourth-order valence-corrected chi connectivity index (χ4v) is 4.22. The molecule has 1 N–H and O–H groups in total. The van der Waals surface area contributed by atoms with Gasteiger partial charge in [-0.1, -0.05) is 61.4 Å². The van der Waals surface area contributed by atoms with Gasteiger partial charge in [-0.05, 0) is 36.6 Å². The van der Waals surface area contributed by atoms with E-state index in [4.69, 9.17) is 23.2 Å². The Morgan fingerprint density at radius 1 is 1.24 bits per heavy atom. The van der Waals surface area contributed by atoms with E-state index < -0.39 is 0 Å². The maximum absolute atomic E-state index is 13.0. The van der Waals surface area contributed by atoms with Crippen LogP contribution in [0.1, 0.15) is 66.3 Å². The van der Waals surface area contributed by atoms with Crippen LogP contribution < -0.4 is 5.32 Å². The molecule has 1 fully saturated rings. The molecule has 1 aliphatic rings. The van der Waals surface area contributed by atoms with Crippen LogP contribution in [-0.2, 0) is 12.0 Å². The molecule has 29 heavy (non-hydrogen) atoms. The van der Waals surface area contributed by atoms with Gasteiger partial charge in [-0.15, -0.1) is 10.2 Å². The summed E-state index contributed by atoms with van der Waals surface area (Å²) in [7, 11) is 0. The quantitative estimate of drug-likeness (QED) is 0.556. The molecule has 0 saturated heterocycles. The SMILES string of the molecule is CC(C)(C)c1cc(C(=O)Nc2nnc(C3CC3)s2)n(Cc2ccc(Cl)cc2Cl)n1. The molecule has 9 heteroatoms. The highest BCUT2D eigenvalue weighted by Gasteiger charge is 2.28. The molecular weight excluding hydrogens is 429 g/mol. The van der Waals surface area contributed by atoms with E-state index >= 15 is 0 Å². The van der Waals surface area contributed by atoms with Crippen LogP contribution in [0.4, 0.5) is 5.13 Å². The van der Waals surface area contributed by atoms with Gasteiger partial charge in [0.1, 0.15) is 10.7 Å². The van der Waals surface area contributed by atoms with Crippen molar-refractivity contribution in [1.82, 2.24) is 20.0 Å². The number of carbonyl (C=O) groups is 1. The van der Waals surface area contributed by atoms with Crippen molar-refractivity contribution >= 4 is 45.6 Å². The summed E-state index contributed by atoms with van der Waals surface area (Å²) in [5.74, 6) is 0.236. The summed E-state index contributed by atoms with van der Waals surface area (Å²) < 4.78 is 1.67. The molecular formula is C20H21Cl2N5OS. The van der Waals surface area contributed by atoms with Crippen LogP contribution in [-0.4, -0.2) is 25.9 Å². The zero-order valence-corrected chi connectivity index (χ0v) is 18.7. The smallest absolute Gasteiger partial charge is 0.275 e. The Morgan fingerprint density at radius 2 is 2.00 bits per heavy atom. The molecule has 1 aromatic carbocycles. The standard InChI is InChI=1S/C20H21Cl2N5OS/c1-20(2,3)16-9-15(17(28)23-19-25-24-18(29-19)11-4-5-11)27(26-16)10-12-6-7-13(21)8-14(12)22/h6-9,11H,4-5,10H2,1-3H3,(H,23,25,28). The second-order valence-corrected chi connectivity index (χ2v) is 10.1. The number of benzene rings is 1. The number of hydrogen-bond acceptors (Lipinski definition) is 5. The molecule has 4 rings (SSSR count). The lowest BCUT2D eigenvalue weighted by Crippen LogP contribution is -2.18. The first-order valence-corrected chi connectivity index (χ1v) is 10.9. The van der Waals surface area contributed by atoms with Gasteiger partial charge in [-0.3, -0.25) is 14.8 Å². The van der Waals surface area contributed by atoms with Gasteiger partial charge in [-0.2, -0.15) is 5.10 Å². The summed E-state index contributed by atoms with van der Waals surface area (Å²) in [5.41, 5.74) is 1.90. The summed E-state index contributed by atoms with van der Waals surface area (Å²) in [6.45, 7) is 6.54. The van der Waals surface area contributed by atoms with Gasteiger partial charge in [0.25, 0.3) is 5.91 Å². The van der Waals surface area contributed by atoms with Crippen molar-refractivity contribution in [2.45, 2.75) is 51.5 Å². The summed E-state index contributed by atoms with van der Waals surface area (Å²) in [4.78, 5) is 13.0. The van der Waals surface area contributed by atoms with Crippen molar-refractivity contribution in [3.63, 3.8) is 0 Å². The maximum Gasteiger partial charge on any atom is 0.275 e. The number of aromatic nitrogens is 4. The summed E-state index contributed by atoms with van der Waals surface area (Å²) in [6, 6.07) is 7.13. The van der Waals surface area contributed by atoms with E-state index in [1.54, 1.807) is 16.8 Å². The van der Waals surface area contributed by atoms with E-state index in [0.717, 1.165) is 29.1 Å². The Bertz CT molecular complexity index is 1070. The Hall–Kier alpha value is -1.96. The molecule has 2 aromatic heterocycles. The van der Waals surface area contributed by atoms with E-state index in [9.17, 15) is 4.79 Å². The van der Waals surface area contributed by atoms with Crippen molar-refractivity contribution in [2.75, 3.05) is 5.32 Å². The predicted octanol–water partition coefficient (Wildman–Crippen LogP) is 5.52. The van der Waals surface area contributed by atoms with Crippen molar-refractivity contribution in [1.29, 1.82) is 0 Å². The fraction of sp³-hybridized carbons (Fsp3) is 0.400. The number of halogens is 2. The molecule has 1 amide bonds. The summed E-state index contributed by atoms with van der Waals surface area (Å²) >= 11 is 13.8. The molecule has 0 bridgehead atoms. The zero-order chi connectivity index (χ0) is 20.8. The first kappa shape index (κ1) is 20.3. The van der Waals surface area contributed by atoms with Crippen LogP contribution in [0.15, 0.2) is 24.3 Å². The second-order valence-electron chi connectivity index (χ2n) is 8.23. The minimum absolute atomic E-state index is 0.202. The second kappa shape index (κ2) is 7.70. The van der Waals surface area contributed by atoms with Crippen LogP contribution in [0.25, 0.3) is 0 Å². The molecule has 152 valence electrons. The molecule has 0 spiro atoms.